The standard InChI is InChI=1S/C11H15NO4S/c1-3-16-11(13)10(17(14,15)12-2)9-7-5-4-6-8-9/h4-8,10,12H,3H2,1-2H3. The lowest BCUT2D eigenvalue weighted by molar-refractivity contribution is -0.142. The molecule has 0 aromatic heterocycles. The quantitative estimate of drug-likeness (QED) is 0.793. The van der Waals surface area contributed by atoms with Crippen LogP contribution in [-0.2, 0) is 19.6 Å². The van der Waals surface area contributed by atoms with E-state index in [4.69, 9.17) is 4.74 Å². The molecule has 6 heteroatoms. The van der Waals surface area contributed by atoms with Gasteiger partial charge < -0.3 is 4.74 Å². The average Bonchev–Trinajstić information content (AvgIpc) is 2.30. The van der Waals surface area contributed by atoms with Crippen molar-refractivity contribution in [2.24, 2.45) is 0 Å². The van der Waals surface area contributed by atoms with Crippen LogP contribution in [0.1, 0.15) is 17.7 Å². The second kappa shape index (κ2) is 5.79. The first kappa shape index (κ1) is 13.7. The normalized spacial score (nSPS) is 13.1. The van der Waals surface area contributed by atoms with Gasteiger partial charge in [-0.15, -0.1) is 0 Å². The van der Waals surface area contributed by atoms with Gasteiger partial charge in [0.15, 0.2) is 5.25 Å². The summed E-state index contributed by atoms with van der Waals surface area (Å²) in [5.41, 5.74) is 0.389. The van der Waals surface area contributed by atoms with Crippen molar-refractivity contribution in [1.82, 2.24) is 4.72 Å². The van der Waals surface area contributed by atoms with E-state index in [0.717, 1.165) is 0 Å². The molecular formula is C11H15NO4S. The van der Waals surface area contributed by atoms with Crippen LogP contribution >= 0.6 is 0 Å². The minimum atomic E-state index is -3.76. The van der Waals surface area contributed by atoms with Gasteiger partial charge in [0.1, 0.15) is 0 Å². The third-order valence-electron chi connectivity index (χ3n) is 2.20. The van der Waals surface area contributed by atoms with E-state index >= 15 is 0 Å². The first-order valence-electron chi connectivity index (χ1n) is 5.17. The fourth-order valence-electron chi connectivity index (χ4n) is 1.41. The van der Waals surface area contributed by atoms with Crippen molar-refractivity contribution >= 4 is 16.0 Å². The van der Waals surface area contributed by atoms with Gasteiger partial charge in [0.25, 0.3) is 0 Å². The van der Waals surface area contributed by atoms with E-state index in [-0.39, 0.29) is 6.61 Å². The molecule has 0 radical (unpaired) electrons. The molecule has 5 nitrogen and oxygen atoms in total. The van der Waals surface area contributed by atoms with Gasteiger partial charge >= 0.3 is 5.97 Å². The predicted molar refractivity (Wildman–Crippen MR) is 63.8 cm³/mol. The van der Waals surface area contributed by atoms with Gasteiger partial charge in [-0.25, -0.2) is 13.1 Å². The summed E-state index contributed by atoms with van der Waals surface area (Å²) in [5, 5.41) is -1.33. The van der Waals surface area contributed by atoms with E-state index in [1.807, 2.05) is 0 Å². The van der Waals surface area contributed by atoms with Gasteiger partial charge in [-0.05, 0) is 19.5 Å². The van der Waals surface area contributed by atoms with Crippen LogP contribution in [0.4, 0.5) is 0 Å². The van der Waals surface area contributed by atoms with Crippen LogP contribution in [-0.4, -0.2) is 28.0 Å². The molecule has 0 bridgehead atoms. The molecule has 94 valence electrons. The van der Waals surface area contributed by atoms with E-state index < -0.39 is 21.2 Å². The molecule has 0 saturated heterocycles. The second-order valence-corrected chi connectivity index (χ2v) is 5.26. The third kappa shape index (κ3) is 3.28. The topological polar surface area (TPSA) is 72.5 Å². The zero-order valence-electron chi connectivity index (χ0n) is 9.71. The van der Waals surface area contributed by atoms with Crippen LogP contribution in [0, 0.1) is 0 Å². The van der Waals surface area contributed by atoms with Crippen LogP contribution in [0.25, 0.3) is 0 Å². The number of ether oxygens (including phenoxy) is 1. The molecular weight excluding hydrogens is 242 g/mol. The molecule has 0 aliphatic heterocycles. The smallest absolute Gasteiger partial charge is 0.330 e. The predicted octanol–water partition coefficient (Wildman–Crippen LogP) is 0.840. The number of nitrogens with one attached hydrogen (secondary N) is 1. The van der Waals surface area contributed by atoms with Gasteiger partial charge in [0.05, 0.1) is 6.61 Å². The molecule has 1 aromatic rings. The Morgan fingerprint density at radius 1 is 1.35 bits per heavy atom. The summed E-state index contributed by atoms with van der Waals surface area (Å²) in [7, 11) is -2.49. The Morgan fingerprint density at radius 3 is 2.41 bits per heavy atom. The Morgan fingerprint density at radius 2 is 1.94 bits per heavy atom. The first-order valence-corrected chi connectivity index (χ1v) is 6.71. The summed E-state index contributed by atoms with van der Waals surface area (Å²) in [6.45, 7) is 1.77. The SMILES string of the molecule is CCOC(=O)C(c1ccccc1)S(=O)(=O)NC. The van der Waals surface area contributed by atoms with Gasteiger partial charge in [-0.2, -0.15) is 0 Å². The number of rotatable bonds is 5. The molecule has 1 unspecified atom stereocenters. The maximum Gasteiger partial charge on any atom is 0.330 e. The van der Waals surface area contributed by atoms with E-state index in [0.29, 0.717) is 5.56 Å². The van der Waals surface area contributed by atoms with Crippen molar-refractivity contribution in [2.75, 3.05) is 13.7 Å². The molecule has 0 heterocycles. The number of sulfonamides is 1. The zero-order valence-corrected chi connectivity index (χ0v) is 10.5. The molecule has 0 aliphatic rings. The molecule has 0 amide bonds. The van der Waals surface area contributed by atoms with Crippen molar-refractivity contribution in [3.8, 4) is 0 Å². The number of hydrogen-bond acceptors (Lipinski definition) is 4. The van der Waals surface area contributed by atoms with Crippen LogP contribution in [0.2, 0.25) is 0 Å². The van der Waals surface area contributed by atoms with Crippen LogP contribution in [0.15, 0.2) is 30.3 Å². The summed E-state index contributed by atoms with van der Waals surface area (Å²) in [6, 6.07) is 8.25. The highest BCUT2D eigenvalue weighted by Gasteiger charge is 2.34. The van der Waals surface area contributed by atoms with Gasteiger partial charge in [0, 0.05) is 0 Å². The fourth-order valence-corrected chi connectivity index (χ4v) is 2.48. The van der Waals surface area contributed by atoms with Gasteiger partial charge in [0.2, 0.25) is 10.0 Å². The Hall–Kier alpha value is -1.40. The maximum atomic E-state index is 11.8. The monoisotopic (exact) mass is 257 g/mol. The van der Waals surface area contributed by atoms with Crippen molar-refractivity contribution < 1.29 is 17.9 Å². The highest BCUT2D eigenvalue weighted by molar-refractivity contribution is 7.90. The highest BCUT2D eigenvalue weighted by atomic mass is 32.2. The van der Waals surface area contributed by atoms with Crippen molar-refractivity contribution in [3.05, 3.63) is 35.9 Å². The Labute approximate surface area is 101 Å². The lowest BCUT2D eigenvalue weighted by Gasteiger charge is -2.15. The minimum Gasteiger partial charge on any atom is -0.465 e. The molecule has 1 atom stereocenters. The summed E-state index contributed by atoms with van der Waals surface area (Å²) >= 11 is 0. The first-order chi connectivity index (χ1) is 8.03. The number of esters is 1. The summed E-state index contributed by atoms with van der Waals surface area (Å²) in [4.78, 5) is 11.7. The van der Waals surface area contributed by atoms with Crippen molar-refractivity contribution in [3.63, 3.8) is 0 Å². The summed E-state index contributed by atoms with van der Waals surface area (Å²) in [5.74, 6) is -0.770. The van der Waals surface area contributed by atoms with Crippen molar-refractivity contribution in [1.29, 1.82) is 0 Å². The molecule has 1 rings (SSSR count). The minimum absolute atomic E-state index is 0.140. The number of carbonyl (C=O) groups is 1. The Balaban J connectivity index is 3.17. The Bertz CT molecular complexity index is 470. The largest absolute Gasteiger partial charge is 0.465 e. The molecule has 0 saturated carbocycles. The Kier molecular flexibility index (Phi) is 4.65. The van der Waals surface area contributed by atoms with Crippen molar-refractivity contribution in [2.45, 2.75) is 12.2 Å². The number of hydrogen-bond donors (Lipinski definition) is 1. The zero-order chi connectivity index (χ0) is 12.9. The van der Waals surface area contributed by atoms with E-state index in [2.05, 4.69) is 4.72 Å². The van der Waals surface area contributed by atoms with Gasteiger partial charge in [-0.3, -0.25) is 4.79 Å². The molecule has 0 spiro atoms. The molecule has 1 aromatic carbocycles. The molecule has 0 fully saturated rings. The van der Waals surface area contributed by atoms with Crippen LogP contribution < -0.4 is 4.72 Å². The fraction of sp³-hybridized carbons (Fsp3) is 0.364. The molecule has 17 heavy (non-hydrogen) atoms. The third-order valence-corrected chi connectivity index (χ3v) is 3.85. The molecule has 0 aliphatic carbocycles. The summed E-state index contributed by atoms with van der Waals surface area (Å²) in [6.07, 6.45) is 0. The van der Waals surface area contributed by atoms with E-state index in [1.54, 1.807) is 37.3 Å². The second-order valence-electron chi connectivity index (χ2n) is 3.29. The number of carbonyl (C=O) groups excluding carboxylic acids is 1. The lowest BCUT2D eigenvalue weighted by atomic mass is 10.1. The van der Waals surface area contributed by atoms with Gasteiger partial charge in [-0.1, -0.05) is 30.3 Å². The average molecular weight is 257 g/mol. The van der Waals surface area contributed by atoms with E-state index in [9.17, 15) is 13.2 Å². The van der Waals surface area contributed by atoms with E-state index in [1.165, 1.54) is 7.05 Å². The maximum absolute atomic E-state index is 11.8. The highest BCUT2D eigenvalue weighted by Crippen LogP contribution is 2.22. The lowest BCUT2D eigenvalue weighted by Crippen LogP contribution is -2.32. The van der Waals surface area contributed by atoms with Crippen LogP contribution in [0.5, 0.6) is 0 Å². The van der Waals surface area contributed by atoms with Crippen LogP contribution in [0.3, 0.4) is 0 Å². The summed E-state index contributed by atoms with van der Waals surface area (Å²) < 4.78 is 30.5. The number of benzene rings is 1. The molecule has 1 N–H and O–H groups in total.